The number of nitrogens with zero attached hydrogens (tertiary/aromatic N) is 2. The molecule has 0 amide bonds. The maximum Gasteiger partial charge on any atom is 0.251 e. The molecule has 0 radical (unpaired) electrons. The zero-order chi connectivity index (χ0) is 20.0. The Kier molecular flexibility index (Phi) is 4.76. The predicted octanol–water partition coefficient (Wildman–Crippen LogP) is 5.96. The zero-order valence-electron chi connectivity index (χ0n) is 15.3. The molecular formula is C23H16Br2N2O2. The van der Waals surface area contributed by atoms with Crippen LogP contribution >= 0.6 is 31.9 Å². The van der Waals surface area contributed by atoms with Gasteiger partial charge in [-0.05, 0) is 35.9 Å². The number of benzene rings is 3. The fraction of sp³-hybridized carbons (Fsp3) is 0.130. The van der Waals surface area contributed by atoms with Crippen molar-refractivity contribution in [3.05, 3.63) is 98.4 Å². The van der Waals surface area contributed by atoms with Gasteiger partial charge in [0.05, 0.1) is 11.8 Å². The van der Waals surface area contributed by atoms with Crippen LogP contribution < -0.4 is 4.74 Å². The summed E-state index contributed by atoms with van der Waals surface area (Å²) in [4.78, 5) is 13.3. The molecule has 0 bridgehead atoms. The number of rotatable bonds is 3. The lowest BCUT2D eigenvalue weighted by Gasteiger charge is -2.37. The summed E-state index contributed by atoms with van der Waals surface area (Å²) in [5, 5.41) is 6.66. The summed E-state index contributed by atoms with van der Waals surface area (Å²) in [6, 6.07) is 23.2. The van der Waals surface area contributed by atoms with Crippen LogP contribution in [0.25, 0.3) is 0 Å². The number of hydrogen-bond donors (Lipinski definition) is 0. The maximum atomic E-state index is 13.3. The van der Waals surface area contributed by atoms with Gasteiger partial charge in [-0.1, -0.05) is 74.3 Å². The molecule has 0 saturated carbocycles. The molecule has 0 N–H and O–H groups in total. The summed E-state index contributed by atoms with van der Waals surface area (Å²) < 4.78 is 8.16. The van der Waals surface area contributed by atoms with Crippen LogP contribution in [0, 0.1) is 0 Å². The van der Waals surface area contributed by atoms with Crippen LogP contribution in [-0.4, -0.2) is 22.7 Å². The summed E-state index contributed by atoms with van der Waals surface area (Å²) >= 11 is 7.03. The van der Waals surface area contributed by atoms with E-state index in [1.54, 1.807) is 0 Å². The van der Waals surface area contributed by atoms with Gasteiger partial charge in [0.25, 0.3) is 6.23 Å². The van der Waals surface area contributed by atoms with E-state index in [4.69, 9.17) is 9.84 Å². The van der Waals surface area contributed by atoms with E-state index in [9.17, 15) is 4.79 Å². The highest BCUT2D eigenvalue weighted by molar-refractivity contribution is 9.10. The molecule has 2 unspecified atom stereocenters. The van der Waals surface area contributed by atoms with Gasteiger partial charge in [0.2, 0.25) is 5.78 Å². The molecule has 29 heavy (non-hydrogen) atoms. The van der Waals surface area contributed by atoms with Gasteiger partial charge in [0.1, 0.15) is 5.75 Å². The maximum absolute atomic E-state index is 13.3. The van der Waals surface area contributed by atoms with Crippen molar-refractivity contribution in [1.29, 1.82) is 0 Å². The lowest BCUT2D eigenvalue weighted by atomic mass is 9.96. The van der Waals surface area contributed by atoms with Crippen molar-refractivity contribution in [2.24, 2.45) is 5.10 Å². The Morgan fingerprint density at radius 1 is 0.966 bits per heavy atom. The van der Waals surface area contributed by atoms with Crippen LogP contribution in [0.2, 0.25) is 0 Å². The highest BCUT2D eigenvalue weighted by Gasteiger charge is 2.43. The van der Waals surface area contributed by atoms with Gasteiger partial charge in [-0.3, -0.25) is 4.79 Å². The zero-order valence-corrected chi connectivity index (χ0v) is 18.4. The number of hydrazone groups is 1. The Hall–Kier alpha value is -2.44. The normalized spacial score (nSPS) is 19.8. The monoisotopic (exact) mass is 510 g/mol. The summed E-state index contributed by atoms with van der Waals surface area (Å²) in [5.74, 6) is 0.640. The predicted molar refractivity (Wildman–Crippen MR) is 119 cm³/mol. The molecule has 4 nitrogen and oxygen atoms in total. The minimum atomic E-state index is -0.788. The molecule has 0 spiro atoms. The Balaban J connectivity index is 1.58. The van der Waals surface area contributed by atoms with E-state index in [-0.39, 0.29) is 11.8 Å². The standard InChI is InChI=1S/C23H16Br2N2O2/c24-16-8-6-14(7-9-16)19-13-20-18-12-17(25)10-11-21(18)29-23(27(20)26-19)22(28)15-4-2-1-3-5-15/h1-12,20,23H,13H2. The summed E-state index contributed by atoms with van der Waals surface area (Å²) in [6.07, 6.45) is -0.0726. The Labute approximate surface area is 185 Å². The molecule has 2 heterocycles. The second kappa shape index (κ2) is 7.43. The smallest absolute Gasteiger partial charge is 0.251 e. The Morgan fingerprint density at radius 3 is 2.45 bits per heavy atom. The number of fused-ring (bicyclic) bond motifs is 3. The molecule has 144 valence electrons. The highest BCUT2D eigenvalue weighted by atomic mass is 79.9. The highest BCUT2D eigenvalue weighted by Crippen LogP contribution is 2.44. The van der Waals surface area contributed by atoms with E-state index in [2.05, 4.69) is 37.9 Å². The third-order valence-corrected chi connectivity index (χ3v) is 6.23. The largest absolute Gasteiger partial charge is 0.461 e. The number of ether oxygens (including phenoxy) is 1. The van der Waals surface area contributed by atoms with Crippen LogP contribution in [0.5, 0.6) is 5.75 Å². The number of hydrogen-bond acceptors (Lipinski definition) is 4. The fourth-order valence-corrected chi connectivity index (χ4v) is 4.44. The lowest BCUT2D eigenvalue weighted by Crippen LogP contribution is -2.45. The molecule has 2 atom stereocenters. The molecule has 0 fully saturated rings. The van der Waals surface area contributed by atoms with Crippen LogP contribution in [-0.2, 0) is 0 Å². The molecule has 6 heteroatoms. The van der Waals surface area contributed by atoms with E-state index >= 15 is 0 Å². The van der Waals surface area contributed by atoms with Gasteiger partial charge in [0.15, 0.2) is 0 Å². The van der Waals surface area contributed by atoms with Gasteiger partial charge in [-0.25, -0.2) is 5.01 Å². The molecule has 5 rings (SSSR count). The number of carbonyl (C=O) groups excluding carboxylic acids is 1. The second-order valence-corrected chi connectivity index (χ2v) is 8.87. The summed E-state index contributed by atoms with van der Waals surface area (Å²) in [5.41, 5.74) is 3.64. The lowest BCUT2D eigenvalue weighted by molar-refractivity contribution is -0.00459. The quantitative estimate of drug-likeness (QED) is 0.407. The molecule has 3 aromatic rings. The third kappa shape index (κ3) is 3.40. The first-order valence-electron chi connectivity index (χ1n) is 9.27. The number of Topliss-reactive ketones (excluding diaryl/α,β-unsaturated/α-hetero) is 1. The Bertz CT molecular complexity index is 1110. The first-order chi connectivity index (χ1) is 14.1. The number of ketones is 1. The summed E-state index contributed by atoms with van der Waals surface area (Å²) in [7, 11) is 0. The van der Waals surface area contributed by atoms with Crippen molar-refractivity contribution in [1.82, 2.24) is 5.01 Å². The molecule has 0 aliphatic carbocycles. The van der Waals surface area contributed by atoms with Crippen molar-refractivity contribution in [2.45, 2.75) is 18.7 Å². The SMILES string of the molecule is O=C(c1ccccc1)C1Oc2ccc(Br)cc2C2CC(c3ccc(Br)cc3)=NN12. The van der Waals surface area contributed by atoms with Gasteiger partial charge >= 0.3 is 0 Å². The van der Waals surface area contributed by atoms with Gasteiger partial charge in [-0.2, -0.15) is 5.10 Å². The number of halogens is 2. The minimum Gasteiger partial charge on any atom is -0.461 e. The van der Waals surface area contributed by atoms with Crippen molar-refractivity contribution in [3.63, 3.8) is 0 Å². The van der Waals surface area contributed by atoms with Gasteiger partial charge in [-0.15, -0.1) is 0 Å². The van der Waals surface area contributed by atoms with E-state index in [1.165, 1.54) is 0 Å². The van der Waals surface area contributed by atoms with Crippen LogP contribution in [0.15, 0.2) is 86.8 Å². The molecule has 0 aromatic heterocycles. The van der Waals surface area contributed by atoms with Crippen molar-refractivity contribution < 1.29 is 9.53 Å². The van der Waals surface area contributed by atoms with E-state index in [0.717, 1.165) is 31.5 Å². The topological polar surface area (TPSA) is 41.9 Å². The fourth-order valence-electron chi connectivity index (χ4n) is 3.79. The molecule has 3 aromatic carbocycles. The minimum absolute atomic E-state index is 0.0486. The van der Waals surface area contributed by atoms with E-state index in [0.29, 0.717) is 12.0 Å². The van der Waals surface area contributed by atoms with Gasteiger partial charge < -0.3 is 4.74 Å². The van der Waals surface area contributed by atoms with Crippen LogP contribution in [0.1, 0.15) is 33.9 Å². The summed E-state index contributed by atoms with van der Waals surface area (Å²) in [6.45, 7) is 0. The molecular weight excluding hydrogens is 496 g/mol. The van der Waals surface area contributed by atoms with Crippen LogP contribution in [0.4, 0.5) is 0 Å². The Morgan fingerprint density at radius 2 is 1.69 bits per heavy atom. The third-order valence-electron chi connectivity index (χ3n) is 5.21. The van der Waals surface area contributed by atoms with Crippen molar-refractivity contribution >= 4 is 43.4 Å². The molecule has 0 saturated heterocycles. The van der Waals surface area contributed by atoms with Crippen molar-refractivity contribution in [3.8, 4) is 5.75 Å². The first kappa shape index (κ1) is 18.6. The molecule has 2 aliphatic heterocycles. The van der Waals surface area contributed by atoms with E-state index < -0.39 is 6.23 Å². The van der Waals surface area contributed by atoms with Crippen LogP contribution in [0.3, 0.4) is 0 Å². The first-order valence-corrected chi connectivity index (χ1v) is 10.9. The van der Waals surface area contributed by atoms with E-state index in [1.807, 2.05) is 71.7 Å². The van der Waals surface area contributed by atoms with Crippen molar-refractivity contribution in [2.75, 3.05) is 0 Å². The van der Waals surface area contributed by atoms with Gasteiger partial charge in [0, 0.05) is 26.5 Å². The molecule has 2 aliphatic rings. The number of carbonyl (C=O) groups is 1. The average Bonchev–Trinajstić information content (AvgIpc) is 3.20. The average molecular weight is 512 g/mol. The second-order valence-electron chi connectivity index (χ2n) is 7.04.